The minimum absolute atomic E-state index is 1.09. The molecule has 0 saturated carbocycles. The van der Waals surface area contributed by atoms with E-state index in [1.165, 1.54) is 9.44 Å². The number of ether oxygens (including phenoxy) is 9. The zero-order valence-electron chi connectivity index (χ0n) is 43.0. The van der Waals surface area contributed by atoms with Crippen LogP contribution in [-0.2, 0) is 156 Å². The van der Waals surface area contributed by atoms with Crippen LogP contribution < -0.4 is 14.2 Å². The van der Waals surface area contributed by atoms with Crippen LogP contribution in [0, 0.1) is 0 Å². The van der Waals surface area contributed by atoms with Crippen LogP contribution in [0.2, 0.25) is 0 Å². The van der Waals surface area contributed by atoms with Crippen molar-refractivity contribution in [3.8, 4) is 0 Å². The maximum absolute atomic E-state index is 12.9. The number of carboxylic acid groups (broad SMARTS) is 2. The molecule has 5 rings (SSSR count). The highest BCUT2D eigenvalue weighted by Gasteiger charge is 2.61. The summed E-state index contributed by atoms with van der Waals surface area (Å²) < 4.78 is 339. The Labute approximate surface area is 502 Å². The summed E-state index contributed by atoms with van der Waals surface area (Å²) >= 11 is 0. The SMILES string of the molecule is O=C(O)C1OC(OC2C(COS(=O)(=O)O)O[C@@H](O[C@H]3C(C(=O)O)O[C@@H](OC4C(COS(=O)(=O)O)O[C@@H](O)C(NS(=O)(=O)O)C4O)[C@@H](OS(=O)(=O)O)C3O)C(NS(=O)(=O)O)C2OS(=O)(=O)O)C(O)C(O)C1O[C@@H]1OC(COS(=O)(=O)O)C(O)C(O)C1NS(=O)(=O)O. The summed E-state index contributed by atoms with van der Waals surface area (Å²) in [6.07, 6.45) is -64.7. The van der Waals surface area contributed by atoms with E-state index in [0.29, 0.717) is 0 Å². The van der Waals surface area contributed by atoms with Crippen molar-refractivity contribution in [1.29, 1.82) is 0 Å². The molecule has 60 heteroatoms. The van der Waals surface area contributed by atoms with E-state index >= 15 is 0 Å². The molecule has 52 nitrogen and oxygen atoms in total. The van der Waals surface area contributed by atoms with Gasteiger partial charge in [0.25, 0.3) is 0 Å². The maximum Gasteiger partial charge on any atom is 0.397 e. The highest BCUT2D eigenvalue weighted by molar-refractivity contribution is 7.84. The third-order valence-corrected chi connectivity index (χ3v) is 16.2. The average molecular weight is 1490 g/mol. The molecular formula is C30H51N3O49S8. The number of hydrogen-bond donors (Lipinski definition) is 20. The van der Waals surface area contributed by atoms with Crippen LogP contribution in [0.5, 0.6) is 0 Å². The fourth-order valence-corrected chi connectivity index (χ4v) is 12.5. The number of hydrogen-bond acceptors (Lipinski definition) is 39. The molecule has 0 amide bonds. The number of carboxylic acids is 2. The van der Waals surface area contributed by atoms with Gasteiger partial charge in [-0.3, -0.25) is 36.4 Å². The Morgan fingerprint density at radius 3 is 1.14 bits per heavy atom. The monoisotopic (exact) mass is 1490 g/mol. The molecule has 5 heterocycles. The van der Waals surface area contributed by atoms with Gasteiger partial charge in [0.05, 0.1) is 19.8 Å². The molecule has 0 aromatic carbocycles. The average Bonchev–Trinajstić information content (AvgIpc) is 0.774. The van der Waals surface area contributed by atoms with Crippen molar-refractivity contribution in [1.82, 2.24) is 14.2 Å². The molecule has 0 aliphatic carbocycles. The van der Waals surface area contributed by atoms with Crippen molar-refractivity contribution in [2.45, 2.75) is 153 Å². The van der Waals surface area contributed by atoms with Gasteiger partial charge in [-0.1, -0.05) is 0 Å². The van der Waals surface area contributed by atoms with Crippen molar-refractivity contribution in [3.05, 3.63) is 0 Å². The topological polar surface area (TPSA) is 816 Å². The molecule has 5 aliphatic heterocycles. The van der Waals surface area contributed by atoms with Gasteiger partial charge in [0.2, 0.25) is 0 Å². The van der Waals surface area contributed by atoms with Gasteiger partial charge in [0.15, 0.2) is 49.8 Å². The molecular weight excluding hydrogens is 1440 g/mol. The fraction of sp³-hybridized carbons (Fsp3) is 0.933. The number of nitrogens with one attached hydrogen (secondary N) is 3. The lowest BCUT2D eigenvalue weighted by molar-refractivity contribution is -0.372. The summed E-state index contributed by atoms with van der Waals surface area (Å²) in [6.45, 7) is -5.16. The van der Waals surface area contributed by atoms with E-state index in [1.54, 1.807) is 0 Å². The second-order valence-electron chi connectivity index (χ2n) is 18.5. The van der Waals surface area contributed by atoms with Crippen molar-refractivity contribution in [3.63, 3.8) is 0 Å². The quantitative estimate of drug-likeness (QED) is 0.0309. The summed E-state index contributed by atoms with van der Waals surface area (Å²) in [5.74, 6) is -4.94. The fourth-order valence-electron chi connectivity index (χ4n) is 8.80. The molecule has 90 heavy (non-hydrogen) atoms. The largest absolute Gasteiger partial charge is 0.479 e. The second kappa shape index (κ2) is 29.3. The van der Waals surface area contributed by atoms with E-state index in [9.17, 15) is 150 Å². The first-order valence-electron chi connectivity index (χ1n) is 23.2. The van der Waals surface area contributed by atoms with E-state index in [4.69, 9.17) is 51.7 Å². The third kappa shape index (κ3) is 22.4. The molecule has 528 valence electrons. The Hall–Kier alpha value is -2.74. The van der Waals surface area contributed by atoms with Gasteiger partial charge in [0, 0.05) is 0 Å². The molecule has 19 unspecified atom stereocenters. The predicted octanol–water partition coefficient (Wildman–Crippen LogP) is -14.4. The first-order valence-corrected chi connectivity index (χ1v) is 34.3. The summed E-state index contributed by atoms with van der Waals surface area (Å²) in [7, 11) is -46.7. The molecule has 5 fully saturated rings. The molecule has 0 radical (unpaired) electrons. The van der Waals surface area contributed by atoms with Gasteiger partial charge in [-0.15, -0.1) is 0 Å². The lowest BCUT2D eigenvalue weighted by Gasteiger charge is -2.50. The number of rotatable bonds is 29. The van der Waals surface area contributed by atoms with E-state index in [0.717, 1.165) is 4.72 Å². The minimum atomic E-state index is -6.36. The van der Waals surface area contributed by atoms with E-state index in [-0.39, 0.29) is 0 Å². The number of aliphatic carboxylic acids is 2. The lowest BCUT2D eigenvalue weighted by Crippen LogP contribution is -2.71. The zero-order valence-corrected chi connectivity index (χ0v) is 49.5. The summed E-state index contributed by atoms with van der Waals surface area (Å²) in [6, 6.07) is -8.42. The smallest absolute Gasteiger partial charge is 0.397 e. The van der Waals surface area contributed by atoms with Crippen LogP contribution >= 0.6 is 0 Å². The number of carbonyl (C=O) groups is 2. The highest BCUT2D eigenvalue weighted by Crippen LogP contribution is 2.38. The van der Waals surface area contributed by atoms with E-state index < -0.39 is 268 Å². The predicted molar refractivity (Wildman–Crippen MR) is 257 cm³/mol. The molecule has 0 aromatic rings. The van der Waals surface area contributed by atoms with Crippen LogP contribution in [0.4, 0.5) is 0 Å². The van der Waals surface area contributed by atoms with Gasteiger partial charge in [-0.05, 0) is 0 Å². The first-order chi connectivity index (χ1) is 40.6. The summed E-state index contributed by atoms with van der Waals surface area (Å²) in [4.78, 5) is 25.7. The van der Waals surface area contributed by atoms with Gasteiger partial charge in [-0.2, -0.15) is 81.5 Å². The van der Waals surface area contributed by atoms with Crippen LogP contribution in [0.3, 0.4) is 0 Å². The Morgan fingerprint density at radius 2 is 0.700 bits per heavy atom. The van der Waals surface area contributed by atoms with Crippen LogP contribution in [0.1, 0.15) is 0 Å². The lowest BCUT2D eigenvalue weighted by atomic mass is 9.94. The van der Waals surface area contributed by atoms with E-state index in [2.05, 4.69) is 20.9 Å². The van der Waals surface area contributed by atoms with Crippen LogP contribution in [0.25, 0.3) is 0 Å². The first kappa shape index (κ1) is 78.0. The Morgan fingerprint density at radius 1 is 0.333 bits per heavy atom. The third-order valence-electron chi connectivity index (χ3n) is 12.2. The van der Waals surface area contributed by atoms with Crippen LogP contribution in [0.15, 0.2) is 0 Å². The molecule has 20 N–H and O–H groups in total. The summed E-state index contributed by atoms with van der Waals surface area (Å²) in [5, 5.41) is 97.8. The van der Waals surface area contributed by atoms with E-state index in [1.807, 2.05) is 0 Å². The Bertz CT molecular complexity index is 3470. The molecule has 5 aliphatic rings. The molecule has 25 atom stereocenters. The molecule has 0 aromatic heterocycles. The van der Waals surface area contributed by atoms with Gasteiger partial charge in [0.1, 0.15) is 104 Å². The van der Waals surface area contributed by atoms with Crippen molar-refractivity contribution in [2.75, 3.05) is 19.8 Å². The molecule has 5 saturated heterocycles. The zero-order chi connectivity index (χ0) is 68.7. The Balaban J connectivity index is 1.59. The van der Waals surface area contributed by atoms with Crippen LogP contribution in [-0.4, -0.2) is 335 Å². The Kier molecular flexibility index (Phi) is 25.4. The van der Waals surface area contributed by atoms with Gasteiger partial charge >= 0.3 is 94.8 Å². The molecule has 0 bridgehead atoms. The normalized spacial score (nSPS) is 38.9. The van der Waals surface area contributed by atoms with Gasteiger partial charge < -0.3 is 88.6 Å². The second-order valence-corrected chi connectivity index (χ2v) is 27.4. The maximum atomic E-state index is 12.9. The van der Waals surface area contributed by atoms with Crippen molar-refractivity contribution < 1.29 is 223 Å². The minimum Gasteiger partial charge on any atom is -0.479 e. The standard InChI is InChI=1S/C30H51N3O49S8/c34-10-4(1-69-86(54,55)56)73-27(8(11(10)35)32-84(48,49)50)77-19-13(37)14(38)29(79-22(19)24(40)41)76-17-6(3-71-88(60,61)62)74-28(9(33-85(51,52)53)18(17)81-89(63,64)65)78-20-15(39)21(82-90(66,67)68)30(80-23(20)25(42)43)75-16-5(2-70-87(57,58)59)72-26(44)7(12(16)36)31-83(45,46)47/h4-23,26-39,44H,1-3H2,(H,40,41)(H,42,43)(H,45,46,47)(H,48,49,50)(H,51,52,53)(H,54,55,56)(H,57,58,59)(H,60,61,62)(H,63,64,65)(H,66,67,68)/t4?,5?,6?,7?,8?,9?,10?,11?,12?,13?,14?,15?,16?,17?,18?,19?,20-,21+,22?,23?,26-,27+,28+,29?,30-/m1/s1. The summed E-state index contributed by atoms with van der Waals surface area (Å²) in [5.41, 5.74) is 0. The number of aliphatic hydroxyl groups excluding tert-OH is 7. The number of aliphatic hydroxyl groups is 7. The molecule has 0 spiro atoms. The van der Waals surface area contributed by atoms with Crippen molar-refractivity contribution >= 4 is 94.8 Å². The highest BCUT2D eigenvalue weighted by atomic mass is 32.3. The van der Waals surface area contributed by atoms with Gasteiger partial charge in [-0.25, -0.2) is 30.5 Å². The van der Waals surface area contributed by atoms with Crippen molar-refractivity contribution in [2.24, 2.45) is 0 Å².